The maximum absolute atomic E-state index is 12.1. The van der Waals surface area contributed by atoms with Gasteiger partial charge in [-0.05, 0) is 30.2 Å². The maximum atomic E-state index is 12.1. The van der Waals surface area contributed by atoms with E-state index in [1.165, 1.54) is 6.42 Å². The average molecular weight is 303 g/mol. The quantitative estimate of drug-likeness (QED) is 0.839. The van der Waals surface area contributed by atoms with Gasteiger partial charge < -0.3 is 10.4 Å². The van der Waals surface area contributed by atoms with E-state index < -0.39 is 0 Å². The molecule has 1 atom stereocenters. The molecule has 2 N–H and O–H groups in total. The van der Waals surface area contributed by atoms with E-state index in [2.05, 4.69) is 17.2 Å². The largest absolute Gasteiger partial charge is 0.395 e. The Balaban J connectivity index is 1.93. The number of nitrogens with one attached hydrogen (secondary N) is 1. The van der Waals surface area contributed by atoms with Crippen molar-refractivity contribution in [3.05, 3.63) is 35.4 Å². The Morgan fingerprint density at radius 1 is 1.38 bits per heavy atom. The van der Waals surface area contributed by atoms with E-state index in [1.54, 1.807) is 11.8 Å². The van der Waals surface area contributed by atoms with E-state index in [0.717, 1.165) is 29.7 Å². The highest BCUT2D eigenvalue weighted by atomic mass is 32.2. The van der Waals surface area contributed by atoms with Crippen LogP contribution in [0.25, 0.3) is 0 Å². The third-order valence-corrected chi connectivity index (χ3v) is 4.78. The van der Waals surface area contributed by atoms with E-state index in [1.807, 2.05) is 24.3 Å². The highest BCUT2D eigenvalue weighted by Crippen LogP contribution is 2.25. The van der Waals surface area contributed by atoms with Crippen molar-refractivity contribution >= 4 is 17.7 Å². The molecule has 3 nitrogen and oxygen atoms in total. The van der Waals surface area contributed by atoms with E-state index in [4.69, 9.17) is 5.11 Å². The van der Waals surface area contributed by atoms with Gasteiger partial charge in [0.2, 0.25) is 5.91 Å². The Labute approximate surface area is 130 Å². The van der Waals surface area contributed by atoms with Crippen LogP contribution >= 0.6 is 11.8 Å². The summed E-state index contributed by atoms with van der Waals surface area (Å²) in [6.07, 6.45) is 3.82. The first kappa shape index (κ1) is 15.9. The summed E-state index contributed by atoms with van der Waals surface area (Å²) in [6, 6.07) is 7.82. The fourth-order valence-electron chi connectivity index (χ4n) is 2.25. The van der Waals surface area contributed by atoms with Crippen LogP contribution in [0.3, 0.4) is 0 Å². The summed E-state index contributed by atoms with van der Waals surface area (Å²) in [4.78, 5) is 12.1. The third-order valence-electron chi connectivity index (χ3n) is 3.40. The van der Waals surface area contributed by atoms with Gasteiger partial charge in [-0.3, -0.25) is 4.79 Å². The van der Waals surface area contributed by atoms with Gasteiger partial charge in [0.05, 0.1) is 11.9 Å². The summed E-state index contributed by atoms with van der Waals surface area (Å²) in [5, 5.41) is 11.9. The second-order valence-corrected chi connectivity index (χ2v) is 6.32. The summed E-state index contributed by atoms with van der Waals surface area (Å²) < 4.78 is 0. The van der Waals surface area contributed by atoms with Gasteiger partial charge in [0, 0.05) is 18.5 Å². The minimum atomic E-state index is 0.0742. The molecule has 1 aromatic rings. The number of amides is 1. The Kier molecular flexibility index (Phi) is 6.65. The summed E-state index contributed by atoms with van der Waals surface area (Å²) in [7, 11) is 0. The van der Waals surface area contributed by atoms with Crippen LogP contribution in [0, 0.1) is 11.8 Å². The number of rotatable bonds is 4. The molecule has 0 bridgehead atoms. The van der Waals surface area contributed by atoms with Crippen molar-refractivity contribution < 1.29 is 9.90 Å². The number of carbonyl (C=O) groups excluding carboxylic acids is 1. The summed E-state index contributed by atoms with van der Waals surface area (Å²) in [5.41, 5.74) is 1.94. The van der Waals surface area contributed by atoms with Crippen LogP contribution in [0.4, 0.5) is 0 Å². The number of hydrogen-bond donors (Lipinski definition) is 2. The first-order valence-electron chi connectivity index (χ1n) is 7.38. The number of aliphatic hydroxyl groups is 1. The van der Waals surface area contributed by atoms with Crippen molar-refractivity contribution in [2.45, 2.75) is 37.5 Å². The molecule has 1 fully saturated rings. The van der Waals surface area contributed by atoms with Crippen molar-refractivity contribution in [2.75, 3.05) is 12.4 Å². The fraction of sp³-hybridized carbons (Fsp3) is 0.471. The molecule has 4 heteroatoms. The van der Waals surface area contributed by atoms with Gasteiger partial charge in [-0.1, -0.05) is 36.5 Å². The third kappa shape index (κ3) is 5.11. The molecule has 0 spiro atoms. The second kappa shape index (κ2) is 8.76. The summed E-state index contributed by atoms with van der Waals surface area (Å²) >= 11 is 1.76. The first-order chi connectivity index (χ1) is 10.3. The zero-order chi connectivity index (χ0) is 14.9. The van der Waals surface area contributed by atoms with Crippen LogP contribution in [0.2, 0.25) is 0 Å². The van der Waals surface area contributed by atoms with E-state index in [0.29, 0.717) is 13.0 Å². The van der Waals surface area contributed by atoms with Crippen molar-refractivity contribution in [3.8, 4) is 11.8 Å². The van der Waals surface area contributed by atoms with E-state index in [-0.39, 0.29) is 17.8 Å². The second-order valence-electron chi connectivity index (χ2n) is 5.01. The van der Waals surface area contributed by atoms with Gasteiger partial charge in [0.1, 0.15) is 0 Å². The van der Waals surface area contributed by atoms with Crippen LogP contribution < -0.4 is 5.32 Å². The van der Waals surface area contributed by atoms with Crippen LogP contribution in [0.15, 0.2) is 24.3 Å². The molecule has 1 unspecified atom stereocenters. The number of aliphatic hydroxyl groups excluding tert-OH is 1. The molecule has 0 radical (unpaired) electrons. The van der Waals surface area contributed by atoms with Crippen LogP contribution in [-0.2, 0) is 11.3 Å². The van der Waals surface area contributed by atoms with Crippen LogP contribution in [-0.4, -0.2) is 28.6 Å². The van der Waals surface area contributed by atoms with Crippen LogP contribution in [0.5, 0.6) is 0 Å². The molecular formula is C17H21NO2S. The molecule has 21 heavy (non-hydrogen) atoms. The molecule has 1 saturated heterocycles. The molecule has 1 aromatic carbocycles. The first-order valence-corrected chi connectivity index (χ1v) is 8.43. The molecule has 1 aliphatic heterocycles. The molecule has 2 rings (SSSR count). The number of benzene rings is 1. The average Bonchev–Trinajstić information content (AvgIpc) is 2.54. The van der Waals surface area contributed by atoms with E-state index >= 15 is 0 Å². The molecule has 1 heterocycles. The van der Waals surface area contributed by atoms with Crippen molar-refractivity contribution in [3.63, 3.8) is 0 Å². The minimum Gasteiger partial charge on any atom is -0.395 e. The molecular weight excluding hydrogens is 282 g/mol. The topological polar surface area (TPSA) is 49.3 Å². The highest BCUT2D eigenvalue weighted by molar-refractivity contribution is 8.00. The van der Waals surface area contributed by atoms with Gasteiger partial charge in [0.15, 0.2) is 0 Å². The molecule has 0 aromatic heterocycles. The highest BCUT2D eigenvalue weighted by Gasteiger charge is 2.21. The normalized spacial score (nSPS) is 17.7. The molecule has 0 saturated carbocycles. The smallest absolute Gasteiger partial charge is 0.233 e. The molecule has 0 aliphatic carbocycles. The van der Waals surface area contributed by atoms with Crippen molar-refractivity contribution in [1.29, 1.82) is 0 Å². The maximum Gasteiger partial charge on any atom is 0.233 e. The van der Waals surface area contributed by atoms with Gasteiger partial charge in [-0.2, -0.15) is 0 Å². The SMILES string of the molecule is O=C(NCc1ccccc1C#CCCO)C1CCCCS1. The summed E-state index contributed by atoms with van der Waals surface area (Å²) in [6.45, 7) is 0.588. The number of hydrogen-bond acceptors (Lipinski definition) is 3. The monoisotopic (exact) mass is 303 g/mol. The van der Waals surface area contributed by atoms with Gasteiger partial charge in [-0.25, -0.2) is 0 Å². The predicted octanol–water partition coefficient (Wildman–Crippen LogP) is 2.32. The predicted molar refractivity (Wildman–Crippen MR) is 87.0 cm³/mol. The lowest BCUT2D eigenvalue weighted by Crippen LogP contribution is -2.33. The van der Waals surface area contributed by atoms with E-state index in [9.17, 15) is 4.79 Å². The van der Waals surface area contributed by atoms with Gasteiger partial charge in [0.25, 0.3) is 0 Å². The lowest BCUT2D eigenvalue weighted by atomic mass is 10.1. The molecule has 112 valence electrons. The Hall–Kier alpha value is -1.44. The van der Waals surface area contributed by atoms with Gasteiger partial charge >= 0.3 is 0 Å². The summed E-state index contributed by atoms with van der Waals surface area (Å²) in [5.74, 6) is 7.20. The number of thioether (sulfide) groups is 1. The Morgan fingerprint density at radius 3 is 3.00 bits per heavy atom. The molecule has 1 aliphatic rings. The van der Waals surface area contributed by atoms with Crippen LogP contribution in [0.1, 0.15) is 36.8 Å². The minimum absolute atomic E-state index is 0.0742. The molecule has 1 amide bonds. The van der Waals surface area contributed by atoms with Gasteiger partial charge in [-0.15, -0.1) is 11.8 Å². The van der Waals surface area contributed by atoms with Crippen molar-refractivity contribution in [1.82, 2.24) is 5.32 Å². The zero-order valence-corrected chi connectivity index (χ0v) is 12.9. The van der Waals surface area contributed by atoms with Crippen molar-refractivity contribution in [2.24, 2.45) is 0 Å². The Bertz CT molecular complexity index is 527. The Morgan fingerprint density at radius 2 is 2.24 bits per heavy atom. The zero-order valence-electron chi connectivity index (χ0n) is 12.1. The number of carbonyl (C=O) groups is 1. The lowest BCUT2D eigenvalue weighted by molar-refractivity contribution is -0.120. The lowest BCUT2D eigenvalue weighted by Gasteiger charge is -2.20. The standard InChI is InChI=1S/C17H21NO2S/c19-11-5-3-8-14-7-1-2-9-15(14)13-18-17(20)16-10-4-6-12-21-16/h1-2,7,9,16,19H,4-6,10-13H2,(H,18,20). The fourth-order valence-corrected chi connectivity index (χ4v) is 3.48.